The maximum Gasteiger partial charge on any atom is 0.313 e. The summed E-state index contributed by atoms with van der Waals surface area (Å²) < 4.78 is 11.2. The number of rotatable bonds is 4. The summed E-state index contributed by atoms with van der Waals surface area (Å²) in [6.45, 7) is 7.50. The maximum atomic E-state index is 12.0. The van der Waals surface area contributed by atoms with Crippen LogP contribution in [0.3, 0.4) is 0 Å². The average molecular weight is 262 g/mol. The molecule has 1 aromatic carbocycles. The lowest BCUT2D eigenvalue weighted by Crippen LogP contribution is -2.26. The van der Waals surface area contributed by atoms with Gasteiger partial charge in [0.25, 0.3) is 0 Å². The monoisotopic (exact) mass is 262 g/mol. The summed E-state index contributed by atoms with van der Waals surface area (Å²) in [6, 6.07) is 7.73. The third-order valence-electron chi connectivity index (χ3n) is 2.95. The van der Waals surface area contributed by atoms with Crippen molar-refractivity contribution in [2.75, 3.05) is 0 Å². The van der Waals surface area contributed by atoms with Gasteiger partial charge in [0.2, 0.25) is 0 Å². The van der Waals surface area contributed by atoms with Gasteiger partial charge in [0.05, 0.1) is 12.0 Å². The van der Waals surface area contributed by atoms with Crippen molar-refractivity contribution < 1.29 is 14.3 Å². The fraction of sp³-hybridized carbons (Fsp3) is 0.562. The number of carbonyl (C=O) groups is 1. The van der Waals surface area contributed by atoms with Crippen LogP contribution < -0.4 is 4.74 Å². The SMILES string of the molecule is CC(C(=O)OC(C)(C)C)c1cccc(OC2CC2)c1. The molecule has 0 radical (unpaired) electrons. The number of esters is 1. The zero-order valence-corrected chi connectivity index (χ0v) is 12.1. The van der Waals surface area contributed by atoms with E-state index in [9.17, 15) is 4.79 Å². The van der Waals surface area contributed by atoms with Crippen LogP contribution in [0.4, 0.5) is 0 Å². The van der Waals surface area contributed by atoms with E-state index in [4.69, 9.17) is 9.47 Å². The van der Waals surface area contributed by atoms with Crippen LogP contribution in [-0.2, 0) is 9.53 Å². The van der Waals surface area contributed by atoms with Gasteiger partial charge in [0, 0.05) is 0 Å². The van der Waals surface area contributed by atoms with Crippen LogP contribution in [0.2, 0.25) is 0 Å². The van der Waals surface area contributed by atoms with Crippen molar-refractivity contribution in [1.29, 1.82) is 0 Å². The van der Waals surface area contributed by atoms with Gasteiger partial charge in [0.1, 0.15) is 11.4 Å². The lowest BCUT2D eigenvalue weighted by molar-refractivity contribution is -0.156. The molecule has 0 spiro atoms. The smallest absolute Gasteiger partial charge is 0.313 e. The quantitative estimate of drug-likeness (QED) is 0.777. The predicted molar refractivity (Wildman–Crippen MR) is 74.4 cm³/mol. The molecule has 1 aliphatic carbocycles. The molecular formula is C16H22O3. The molecule has 0 N–H and O–H groups in total. The number of ether oxygens (including phenoxy) is 2. The summed E-state index contributed by atoms with van der Waals surface area (Å²) in [5.41, 5.74) is 0.486. The molecule has 1 aliphatic rings. The summed E-state index contributed by atoms with van der Waals surface area (Å²) in [5.74, 6) is 0.369. The highest BCUT2D eigenvalue weighted by atomic mass is 16.6. The largest absolute Gasteiger partial charge is 0.490 e. The first-order chi connectivity index (χ1) is 8.85. The van der Waals surface area contributed by atoms with Gasteiger partial charge in [0.15, 0.2) is 0 Å². The Bertz CT molecular complexity index is 455. The minimum Gasteiger partial charge on any atom is -0.490 e. The highest BCUT2D eigenvalue weighted by molar-refractivity contribution is 5.78. The molecule has 0 aliphatic heterocycles. The minimum absolute atomic E-state index is 0.198. The molecule has 0 bridgehead atoms. The molecule has 0 amide bonds. The Kier molecular flexibility index (Phi) is 3.83. The van der Waals surface area contributed by atoms with Crippen molar-refractivity contribution in [2.45, 2.75) is 58.2 Å². The van der Waals surface area contributed by atoms with E-state index in [0.717, 1.165) is 24.2 Å². The van der Waals surface area contributed by atoms with E-state index in [1.807, 2.05) is 52.0 Å². The van der Waals surface area contributed by atoms with E-state index < -0.39 is 5.60 Å². The van der Waals surface area contributed by atoms with E-state index in [-0.39, 0.29) is 11.9 Å². The molecule has 19 heavy (non-hydrogen) atoms. The molecule has 0 aromatic heterocycles. The molecular weight excluding hydrogens is 240 g/mol. The standard InChI is InChI=1S/C16H22O3/c1-11(15(17)19-16(2,3)4)12-6-5-7-14(10-12)18-13-8-9-13/h5-7,10-11,13H,8-9H2,1-4H3. The van der Waals surface area contributed by atoms with Crippen molar-refractivity contribution in [3.05, 3.63) is 29.8 Å². The van der Waals surface area contributed by atoms with Crippen molar-refractivity contribution in [3.8, 4) is 5.75 Å². The molecule has 0 heterocycles. The van der Waals surface area contributed by atoms with Crippen LogP contribution in [-0.4, -0.2) is 17.7 Å². The fourth-order valence-electron chi connectivity index (χ4n) is 1.76. The molecule has 2 rings (SSSR count). The van der Waals surface area contributed by atoms with Crippen molar-refractivity contribution in [1.82, 2.24) is 0 Å². The van der Waals surface area contributed by atoms with E-state index in [0.29, 0.717) is 6.10 Å². The molecule has 104 valence electrons. The number of hydrogen-bond acceptors (Lipinski definition) is 3. The Morgan fingerprint density at radius 1 is 1.32 bits per heavy atom. The lowest BCUT2D eigenvalue weighted by Gasteiger charge is -2.22. The zero-order valence-electron chi connectivity index (χ0n) is 12.1. The second-order valence-electron chi connectivity index (χ2n) is 6.14. The Balaban J connectivity index is 2.05. The minimum atomic E-state index is -0.451. The first-order valence-electron chi connectivity index (χ1n) is 6.84. The molecule has 3 nitrogen and oxygen atoms in total. The highest BCUT2D eigenvalue weighted by Crippen LogP contribution is 2.29. The number of carbonyl (C=O) groups excluding carboxylic acids is 1. The molecule has 1 aromatic rings. The van der Waals surface area contributed by atoms with Gasteiger partial charge < -0.3 is 9.47 Å². The van der Waals surface area contributed by atoms with Gasteiger partial charge in [-0.3, -0.25) is 4.79 Å². The number of benzene rings is 1. The van der Waals surface area contributed by atoms with Crippen LogP contribution in [0.5, 0.6) is 5.75 Å². The first-order valence-corrected chi connectivity index (χ1v) is 6.84. The van der Waals surface area contributed by atoms with E-state index in [1.54, 1.807) is 0 Å². The Morgan fingerprint density at radius 2 is 2.00 bits per heavy atom. The second-order valence-corrected chi connectivity index (χ2v) is 6.14. The number of hydrogen-bond donors (Lipinski definition) is 0. The van der Waals surface area contributed by atoms with Gasteiger partial charge in [-0.25, -0.2) is 0 Å². The summed E-state index contributed by atoms with van der Waals surface area (Å²) >= 11 is 0. The zero-order chi connectivity index (χ0) is 14.0. The van der Waals surface area contributed by atoms with Gasteiger partial charge >= 0.3 is 5.97 Å². The van der Waals surface area contributed by atoms with Crippen molar-refractivity contribution in [2.24, 2.45) is 0 Å². The average Bonchev–Trinajstić information content (AvgIpc) is 3.10. The molecule has 1 unspecified atom stereocenters. The maximum absolute atomic E-state index is 12.0. The van der Waals surface area contributed by atoms with Gasteiger partial charge in [-0.2, -0.15) is 0 Å². The predicted octanol–water partition coefficient (Wildman–Crippen LogP) is 3.67. The van der Waals surface area contributed by atoms with Crippen LogP contribution in [0.25, 0.3) is 0 Å². The summed E-state index contributed by atoms with van der Waals surface area (Å²) in [4.78, 5) is 12.0. The van der Waals surface area contributed by atoms with E-state index in [1.165, 1.54) is 0 Å². The van der Waals surface area contributed by atoms with E-state index >= 15 is 0 Å². The first kappa shape index (κ1) is 13.9. The third-order valence-corrected chi connectivity index (χ3v) is 2.95. The molecule has 1 fully saturated rings. The summed E-state index contributed by atoms with van der Waals surface area (Å²) in [5, 5.41) is 0. The van der Waals surface area contributed by atoms with Crippen LogP contribution in [0.15, 0.2) is 24.3 Å². The summed E-state index contributed by atoms with van der Waals surface area (Å²) in [7, 11) is 0. The van der Waals surface area contributed by atoms with Crippen LogP contribution >= 0.6 is 0 Å². The van der Waals surface area contributed by atoms with Crippen molar-refractivity contribution in [3.63, 3.8) is 0 Å². The second kappa shape index (κ2) is 5.24. The van der Waals surface area contributed by atoms with E-state index in [2.05, 4.69) is 0 Å². The molecule has 0 saturated heterocycles. The highest BCUT2D eigenvalue weighted by Gasteiger charge is 2.25. The van der Waals surface area contributed by atoms with Gasteiger partial charge in [-0.15, -0.1) is 0 Å². The normalized spacial score (nSPS) is 16.8. The lowest BCUT2D eigenvalue weighted by atomic mass is 10.0. The van der Waals surface area contributed by atoms with Crippen LogP contribution in [0.1, 0.15) is 52.0 Å². The summed E-state index contributed by atoms with van der Waals surface area (Å²) in [6.07, 6.45) is 2.63. The van der Waals surface area contributed by atoms with Crippen LogP contribution in [0, 0.1) is 0 Å². The van der Waals surface area contributed by atoms with Gasteiger partial charge in [-0.05, 0) is 58.2 Å². The Labute approximate surface area is 114 Å². The fourth-order valence-corrected chi connectivity index (χ4v) is 1.76. The molecule has 1 saturated carbocycles. The third kappa shape index (κ3) is 4.27. The van der Waals surface area contributed by atoms with Crippen molar-refractivity contribution >= 4 is 5.97 Å². The molecule has 3 heteroatoms. The molecule has 1 atom stereocenters. The topological polar surface area (TPSA) is 35.5 Å². The Hall–Kier alpha value is -1.51. The Morgan fingerprint density at radius 3 is 2.58 bits per heavy atom. The van der Waals surface area contributed by atoms with Gasteiger partial charge in [-0.1, -0.05) is 12.1 Å².